The molecule has 0 bridgehead atoms. The van der Waals surface area contributed by atoms with Crippen molar-refractivity contribution < 1.29 is 4.52 Å². The van der Waals surface area contributed by atoms with Crippen LogP contribution in [0.5, 0.6) is 0 Å². The molecule has 2 rings (SSSR count). The topological polar surface area (TPSA) is 26.0 Å². The number of aryl methyl sites for hydroxylation is 1. The van der Waals surface area contributed by atoms with E-state index in [4.69, 9.17) is 4.52 Å². The highest BCUT2D eigenvalue weighted by Crippen LogP contribution is 2.25. The maximum Gasteiger partial charge on any atom is 0.167 e. The molecule has 2 heterocycles. The van der Waals surface area contributed by atoms with Gasteiger partial charge in [-0.25, -0.2) is 0 Å². The number of rotatable bonds is 2. The van der Waals surface area contributed by atoms with Crippen LogP contribution in [-0.4, -0.2) is 5.16 Å². The first kappa shape index (κ1) is 8.84. The Balaban J connectivity index is 2.35. The van der Waals surface area contributed by atoms with Gasteiger partial charge in [-0.15, -0.1) is 11.3 Å². The van der Waals surface area contributed by atoms with E-state index in [0.29, 0.717) is 5.75 Å². The van der Waals surface area contributed by atoms with Gasteiger partial charge in [0.25, 0.3) is 0 Å². The summed E-state index contributed by atoms with van der Waals surface area (Å²) < 4.78 is 5.16. The summed E-state index contributed by atoms with van der Waals surface area (Å²) in [7, 11) is 0. The van der Waals surface area contributed by atoms with Crippen LogP contribution in [0.15, 0.2) is 22.0 Å². The summed E-state index contributed by atoms with van der Waals surface area (Å²) in [5.41, 5.74) is 1.98. The quantitative estimate of drug-likeness (QED) is 0.772. The van der Waals surface area contributed by atoms with E-state index in [1.54, 1.807) is 11.3 Å². The Hall–Kier alpha value is -0.740. The number of thiol groups is 1. The lowest BCUT2D eigenvalue weighted by Gasteiger charge is -1.84. The van der Waals surface area contributed by atoms with E-state index in [1.165, 1.54) is 4.88 Å². The molecule has 0 aliphatic rings. The largest absolute Gasteiger partial charge is 0.356 e. The zero-order valence-electron chi connectivity index (χ0n) is 7.15. The SMILES string of the molecule is Cc1cc(-c2cc(CS)no2)cs1. The standard InChI is InChI=1S/C9H9NOS2/c1-6-2-7(5-13-6)9-3-8(4-12)10-11-9/h2-3,5,12H,4H2,1H3. The smallest absolute Gasteiger partial charge is 0.167 e. The molecule has 0 N–H and O–H groups in total. The molecule has 0 aliphatic carbocycles. The average Bonchev–Trinajstić information content (AvgIpc) is 2.71. The van der Waals surface area contributed by atoms with Crippen LogP contribution >= 0.6 is 24.0 Å². The van der Waals surface area contributed by atoms with Crippen LogP contribution in [0.3, 0.4) is 0 Å². The van der Waals surface area contributed by atoms with Crippen molar-refractivity contribution in [3.8, 4) is 11.3 Å². The Kier molecular flexibility index (Phi) is 2.42. The monoisotopic (exact) mass is 211 g/mol. The molecule has 13 heavy (non-hydrogen) atoms. The fourth-order valence-electron chi connectivity index (χ4n) is 1.10. The van der Waals surface area contributed by atoms with E-state index in [-0.39, 0.29) is 0 Å². The molecule has 0 amide bonds. The Morgan fingerprint density at radius 1 is 1.54 bits per heavy atom. The van der Waals surface area contributed by atoms with Crippen LogP contribution in [0.2, 0.25) is 0 Å². The van der Waals surface area contributed by atoms with Crippen molar-refractivity contribution in [1.29, 1.82) is 0 Å². The third-order valence-electron chi connectivity index (χ3n) is 1.74. The second-order valence-corrected chi connectivity index (χ2v) is 4.22. The Bertz CT molecular complexity index is 405. The Morgan fingerprint density at radius 3 is 2.92 bits per heavy atom. The molecular weight excluding hydrogens is 202 g/mol. The molecule has 0 aliphatic heterocycles. The minimum Gasteiger partial charge on any atom is -0.356 e. The summed E-state index contributed by atoms with van der Waals surface area (Å²) in [6.07, 6.45) is 0. The highest BCUT2D eigenvalue weighted by molar-refractivity contribution is 7.79. The van der Waals surface area contributed by atoms with Crippen molar-refractivity contribution in [2.45, 2.75) is 12.7 Å². The minimum atomic E-state index is 0.618. The first-order chi connectivity index (χ1) is 6.29. The zero-order valence-corrected chi connectivity index (χ0v) is 8.86. The maximum atomic E-state index is 5.16. The molecule has 0 atom stereocenters. The van der Waals surface area contributed by atoms with Crippen LogP contribution in [0.25, 0.3) is 11.3 Å². The summed E-state index contributed by atoms with van der Waals surface area (Å²) in [5, 5.41) is 5.94. The fourth-order valence-corrected chi connectivity index (χ4v) is 1.94. The second-order valence-electron chi connectivity index (χ2n) is 2.79. The fraction of sp³-hybridized carbons (Fsp3) is 0.222. The van der Waals surface area contributed by atoms with Crippen LogP contribution in [0, 0.1) is 6.92 Å². The lowest BCUT2D eigenvalue weighted by molar-refractivity contribution is 0.426. The maximum absolute atomic E-state index is 5.16. The molecule has 68 valence electrons. The van der Waals surface area contributed by atoms with Gasteiger partial charge in [0, 0.05) is 27.6 Å². The summed E-state index contributed by atoms with van der Waals surface area (Å²) in [6, 6.07) is 4.02. The van der Waals surface area contributed by atoms with E-state index in [1.807, 2.05) is 6.07 Å². The average molecular weight is 211 g/mol. The molecular formula is C9H9NOS2. The van der Waals surface area contributed by atoms with Gasteiger partial charge in [-0.1, -0.05) is 5.16 Å². The van der Waals surface area contributed by atoms with Gasteiger partial charge in [0.05, 0.1) is 5.69 Å². The van der Waals surface area contributed by atoms with E-state index < -0.39 is 0 Å². The molecule has 2 aromatic heterocycles. The van der Waals surface area contributed by atoms with Gasteiger partial charge in [-0.05, 0) is 13.0 Å². The van der Waals surface area contributed by atoms with Crippen molar-refractivity contribution in [1.82, 2.24) is 5.16 Å². The molecule has 0 saturated heterocycles. The van der Waals surface area contributed by atoms with Crippen LogP contribution < -0.4 is 0 Å². The third kappa shape index (κ3) is 1.78. The predicted octanol–water partition coefficient (Wildman–Crippen LogP) is 3.14. The van der Waals surface area contributed by atoms with Gasteiger partial charge in [-0.3, -0.25) is 0 Å². The highest BCUT2D eigenvalue weighted by atomic mass is 32.1. The third-order valence-corrected chi connectivity index (χ3v) is 2.92. The first-order valence-electron chi connectivity index (χ1n) is 3.91. The normalized spacial score (nSPS) is 10.6. The molecule has 0 saturated carbocycles. The van der Waals surface area contributed by atoms with Gasteiger partial charge in [0.2, 0.25) is 0 Å². The molecule has 0 unspecified atom stereocenters. The first-order valence-corrected chi connectivity index (χ1v) is 5.43. The molecule has 0 spiro atoms. The van der Waals surface area contributed by atoms with Crippen LogP contribution in [0.1, 0.15) is 10.6 Å². The van der Waals surface area contributed by atoms with Crippen molar-refractivity contribution in [2.75, 3.05) is 0 Å². The number of hydrogen-bond acceptors (Lipinski definition) is 4. The highest BCUT2D eigenvalue weighted by Gasteiger charge is 2.06. The molecule has 2 nitrogen and oxygen atoms in total. The van der Waals surface area contributed by atoms with Gasteiger partial charge in [0.15, 0.2) is 5.76 Å². The van der Waals surface area contributed by atoms with E-state index in [2.05, 4.69) is 36.2 Å². The summed E-state index contributed by atoms with van der Waals surface area (Å²) in [5.74, 6) is 1.44. The summed E-state index contributed by atoms with van der Waals surface area (Å²) in [4.78, 5) is 1.28. The van der Waals surface area contributed by atoms with E-state index in [0.717, 1.165) is 17.0 Å². The van der Waals surface area contributed by atoms with E-state index in [9.17, 15) is 0 Å². The summed E-state index contributed by atoms with van der Waals surface area (Å²) >= 11 is 5.83. The van der Waals surface area contributed by atoms with Crippen molar-refractivity contribution in [2.24, 2.45) is 0 Å². The van der Waals surface area contributed by atoms with Crippen molar-refractivity contribution in [3.63, 3.8) is 0 Å². The molecule has 0 aromatic carbocycles. The van der Waals surface area contributed by atoms with E-state index >= 15 is 0 Å². The second kappa shape index (κ2) is 3.55. The number of aromatic nitrogens is 1. The zero-order chi connectivity index (χ0) is 9.26. The lowest BCUT2D eigenvalue weighted by atomic mass is 10.2. The number of hydrogen-bond donors (Lipinski definition) is 1. The summed E-state index contributed by atoms with van der Waals surface area (Å²) in [6.45, 7) is 2.07. The number of nitrogens with zero attached hydrogens (tertiary/aromatic N) is 1. The lowest BCUT2D eigenvalue weighted by Crippen LogP contribution is -1.71. The van der Waals surface area contributed by atoms with Crippen LogP contribution in [-0.2, 0) is 5.75 Å². The molecule has 4 heteroatoms. The van der Waals surface area contributed by atoms with Crippen LogP contribution in [0.4, 0.5) is 0 Å². The van der Waals surface area contributed by atoms with Gasteiger partial charge in [0.1, 0.15) is 0 Å². The Labute approximate surface area is 86.0 Å². The van der Waals surface area contributed by atoms with Gasteiger partial charge in [-0.2, -0.15) is 12.6 Å². The molecule has 0 fully saturated rings. The van der Waals surface area contributed by atoms with Gasteiger partial charge < -0.3 is 4.52 Å². The predicted molar refractivity (Wildman–Crippen MR) is 57.2 cm³/mol. The van der Waals surface area contributed by atoms with Crippen molar-refractivity contribution >= 4 is 24.0 Å². The molecule has 0 radical (unpaired) electrons. The van der Waals surface area contributed by atoms with Crippen molar-refractivity contribution in [3.05, 3.63) is 28.1 Å². The Morgan fingerprint density at radius 2 is 2.38 bits per heavy atom. The molecule has 2 aromatic rings. The number of thiophene rings is 1. The minimum absolute atomic E-state index is 0.618. The van der Waals surface area contributed by atoms with Gasteiger partial charge >= 0.3 is 0 Å².